The Hall–Kier alpha value is -0.690. The summed E-state index contributed by atoms with van der Waals surface area (Å²) >= 11 is 1.37. The quantitative estimate of drug-likeness (QED) is 0.559. The van der Waals surface area contributed by atoms with Crippen LogP contribution in [0.4, 0.5) is 0 Å². The highest BCUT2D eigenvalue weighted by Gasteiger charge is 2.25. The molecule has 1 N–H and O–H groups in total. The van der Waals surface area contributed by atoms with Crippen LogP contribution in [0.3, 0.4) is 0 Å². The lowest BCUT2D eigenvalue weighted by molar-refractivity contribution is 0.454. The normalized spacial score (nSPS) is 12.0. The van der Waals surface area contributed by atoms with Crippen LogP contribution in [-0.2, 0) is 16.6 Å². The van der Waals surface area contributed by atoms with Gasteiger partial charge in [-0.25, -0.2) is 8.42 Å². The summed E-state index contributed by atoms with van der Waals surface area (Å²) in [5.74, 6) is 0. The Labute approximate surface area is 132 Å². The SMILES string of the molecule is C=C(C)CN(CC)S(=O)(=O)c1cc(C)c(CNCCC)s1. The fraction of sp³-hybridized carbons (Fsp3) is 0.600. The van der Waals surface area contributed by atoms with E-state index in [2.05, 4.69) is 18.8 Å². The third-order valence-corrected chi connectivity index (χ3v) is 6.71. The lowest BCUT2D eigenvalue weighted by Crippen LogP contribution is -2.31. The summed E-state index contributed by atoms with van der Waals surface area (Å²) in [4.78, 5) is 1.09. The fourth-order valence-electron chi connectivity index (χ4n) is 1.97. The van der Waals surface area contributed by atoms with Crippen molar-refractivity contribution < 1.29 is 8.42 Å². The second-order valence-corrected chi connectivity index (χ2v) is 8.54. The van der Waals surface area contributed by atoms with Gasteiger partial charge in [0.1, 0.15) is 4.21 Å². The Morgan fingerprint density at radius 2 is 2.10 bits per heavy atom. The van der Waals surface area contributed by atoms with Gasteiger partial charge in [0.15, 0.2) is 0 Å². The molecule has 120 valence electrons. The molecule has 1 rings (SSSR count). The minimum absolute atomic E-state index is 0.374. The van der Waals surface area contributed by atoms with Crippen molar-refractivity contribution in [3.05, 3.63) is 28.7 Å². The van der Waals surface area contributed by atoms with Gasteiger partial charge in [0.05, 0.1) is 0 Å². The number of likely N-dealkylation sites (N-methyl/N-ethyl adjacent to an activating group) is 1. The van der Waals surface area contributed by atoms with Crippen molar-refractivity contribution in [3.8, 4) is 0 Å². The van der Waals surface area contributed by atoms with Crippen LogP contribution < -0.4 is 5.32 Å². The highest BCUT2D eigenvalue weighted by molar-refractivity contribution is 7.91. The maximum Gasteiger partial charge on any atom is 0.252 e. The van der Waals surface area contributed by atoms with E-state index in [0.717, 1.165) is 35.5 Å². The second kappa shape index (κ2) is 8.08. The van der Waals surface area contributed by atoms with Gasteiger partial charge in [0.2, 0.25) is 0 Å². The van der Waals surface area contributed by atoms with Crippen LogP contribution in [0.2, 0.25) is 0 Å². The third-order valence-electron chi connectivity index (χ3n) is 3.10. The van der Waals surface area contributed by atoms with Crippen molar-refractivity contribution in [3.63, 3.8) is 0 Å². The minimum Gasteiger partial charge on any atom is -0.312 e. The van der Waals surface area contributed by atoms with E-state index in [-0.39, 0.29) is 0 Å². The molecule has 0 aliphatic heterocycles. The van der Waals surface area contributed by atoms with Crippen LogP contribution >= 0.6 is 11.3 Å². The highest BCUT2D eigenvalue weighted by Crippen LogP contribution is 2.28. The molecule has 1 aromatic rings. The van der Waals surface area contributed by atoms with E-state index in [1.807, 2.05) is 20.8 Å². The molecule has 0 fully saturated rings. The number of aryl methyl sites for hydroxylation is 1. The average molecular weight is 331 g/mol. The Morgan fingerprint density at radius 1 is 1.43 bits per heavy atom. The zero-order valence-corrected chi connectivity index (χ0v) is 15.0. The van der Waals surface area contributed by atoms with E-state index in [1.54, 1.807) is 6.07 Å². The van der Waals surface area contributed by atoms with Gasteiger partial charge >= 0.3 is 0 Å². The summed E-state index contributed by atoms with van der Waals surface area (Å²) in [6.45, 7) is 14.1. The number of sulfonamides is 1. The first-order valence-corrected chi connectivity index (χ1v) is 9.53. The van der Waals surface area contributed by atoms with Crippen LogP contribution in [0.25, 0.3) is 0 Å². The van der Waals surface area contributed by atoms with Crippen LogP contribution in [0.1, 0.15) is 37.6 Å². The molecule has 0 aliphatic rings. The van der Waals surface area contributed by atoms with Gasteiger partial charge in [-0.15, -0.1) is 11.3 Å². The number of thiophene rings is 1. The van der Waals surface area contributed by atoms with Gasteiger partial charge in [-0.1, -0.05) is 26.0 Å². The van der Waals surface area contributed by atoms with E-state index in [0.29, 0.717) is 17.3 Å². The molecule has 0 saturated carbocycles. The first-order chi connectivity index (χ1) is 9.82. The smallest absolute Gasteiger partial charge is 0.252 e. The van der Waals surface area contributed by atoms with Crippen LogP contribution in [-0.4, -0.2) is 32.4 Å². The lowest BCUT2D eigenvalue weighted by Gasteiger charge is -2.19. The van der Waals surface area contributed by atoms with Gasteiger partial charge < -0.3 is 5.32 Å². The zero-order valence-electron chi connectivity index (χ0n) is 13.4. The first-order valence-electron chi connectivity index (χ1n) is 7.27. The number of hydrogen-bond donors (Lipinski definition) is 1. The molecule has 0 amide bonds. The van der Waals surface area contributed by atoms with Gasteiger partial charge in [-0.3, -0.25) is 0 Å². The molecule has 1 heterocycles. The molecule has 21 heavy (non-hydrogen) atoms. The van der Waals surface area contributed by atoms with Crippen molar-refractivity contribution in [1.82, 2.24) is 9.62 Å². The maximum atomic E-state index is 12.7. The molecule has 4 nitrogen and oxygen atoms in total. The standard InChI is InChI=1S/C15H26N2O2S2/c1-6-8-16-10-14-13(5)9-15(20-14)21(18,19)17(7-2)11-12(3)4/h9,16H,3,6-8,10-11H2,1-2,4-5H3. The molecule has 0 bridgehead atoms. The summed E-state index contributed by atoms with van der Waals surface area (Å²) in [7, 11) is -3.42. The van der Waals surface area contributed by atoms with Crippen molar-refractivity contribution in [2.75, 3.05) is 19.6 Å². The third kappa shape index (κ3) is 4.92. The first kappa shape index (κ1) is 18.4. The summed E-state index contributed by atoms with van der Waals surface area (Å²) in [6.07, 6.45) is 1.07. The molecule has 0 unspecified atom stereocenters. The van der Waals surface area contributed by atoms with Crippen LogP contribution in [0, 0.1) is 6.92 Å². The van der Waals surface area contributed by atoms with E-state index in [1.165, 1.54) is 15.6 Å². The Kier molecular flexibility index (Phi) is 7.06. The van der Waals surface area contributed by atoms with E-state index >= 15 is 0 Å². The molecule has 0 aromatic carbocycles. The Bertz CT molecular complexity index is 576. The molecule has 6 heteroatoms. The molecule has 1 aromatic heterocycles. The largest absolute Gasteiger partial charge is 0.312 e. The maximum absolute atomic E-state index is 12.7. The second-order valence-electron chi connectivity index (χ2n) is 5.24. The number of nitrogens with zero attached hydrogens (tertiary/aromatic N) is 1. The molecule has 0 radical (unpaired) electrons. The van der Waals surface area contributed by atoms with Crippen LogP contribution in [0.5, 0.6) is 0 Å². The molecular weight excluding hydrogens is 304 g/mol. The monoisotopic (exact) mass is 330 g/mol. The van der Waals surface area contributed by atoms with Crippen LogP contribution in [0.15, 0.2) is 22.4 Å². The zero-order chi connectivity index (χ0) is 16.0. The highest BCUT2D eigenvalue weighted by atomic mass is 32.2. The predicted molar refractivity (Wildman–Crippen MR) is 90.3 cm³/mol. The van der Waals surface area contributed by atoms with Gasteiger partial charge in [0, 0.05) is 24.5 Å². The summed E-state index contributed by atoms with van der Waals surface area (Å²) in [5, 5.41) is 3.32. The number of rotatable bonds is 9. The van der Waals surface area contributed by atoms with E-state index in [9.17, 15) is 8.42 Å². The van der Waals surface area contributed by atoms with E-state index in [4.69, 9.17) is 0 Å². The molecule has 0 saturated heterocycles. The van der Waals surface area contributed by atoms with Crippen molar-refractivity contribution in [2.45, 2.75) is 44.9 Å². The van der Waals surface area contributed by atoms with E-state index < -0.39 is 10.0 Å². The van der Waals surface area contributed by atoms with Crippen molar-refractivity contribution >= 4 is 21.4 Å². The Balaban J connectivity index is 2.97. The topological polar surface area (TPSA) is 49.4 Å². The summed E-state index contributed by atoms with van der Waals surface area (Å²) in [6, 6.07) is 1.78. The van der Waals surface area contributed by atoms with Gasteiger partial charge in [-0.05, 0) is 38.4 Å². The number of hydrogen-bond acceptors (Lipinski definition) is 4. The fourth-order valence-corrected chi connectivity index (χ4v) is 5.19. The van der Waals surface area contributed by atoms with Crippen molar-refractivity contribution in [1.29, 1.82) is 0 Å². The molecule has 0 spiro atoms. The average Bonchev–Trinajstić information content (AvgIpc) is 2.78. The Morgan fingerprint density at radius 3 is 2.62 bits per heavy atom. The summed E-state index contributed by atoms with van der Waals surface area (Å²) in [5.41, 5.74) is 1.88. The predicted octanol–water partition coefficient (Wildman–Crippen LogP) is 3.14. The number of nitrogens with one attached hydrogen (secondary N) is 1. The van der Waals surface area contributed by atoms with Gasteiger partial charge in [-0.2, -0.15) is 4.31 Å². The molecule has 0 atom stereocenters. The molecular formula is C15H26N2O2S2. The minimum atomic E-state index is -3.42. The lowest BCUT2D eigenvalue weighted by atomic mass is 10.3. The molecule has 0 aliphatic carbocycles. The summed E-state index contributed by atoms with van der Waals surface area (Å²) < 4.78 is 27.2. The van der Waals surface area contributed by atoms with Gasteiger partial charge in [0.25, 0.3) is 10.0 Å². The van der Waals surface area contributed by atoms with Crippen molar-refractivity contribution in [2.24, 2.45) is 0 Å².